The Kier molecular flexibility index (Phi) is 4.37. The summed E-state index contributed by atoms with van der Waals surface area (Å²) >= 11 is 6.81. The molecule has 3 nitrogen and oxygen atoms in total. The van der Waals surface area contributed by atoms with Crippen molar-refractivity contribution in [2.24, 2.45) is 0 Å². The van der Waals surface area contributed by atoms with Gasteiger partial charge in [0.2, 0.25) is 0 Å². The van der Waals surface area contributed by atoms with Gasteiger partial charge in [0, 0.05) is 0 Å². The van der Waals surface area contributed by atoms with Gasteiger partial charge >= 0.3 is 12.6 Å². The summed E-state index contributed by atoms with van der Waals surface area (Å²) in [6.45, 7) is -2.97. The van der Waals surface area contributed by atoms with E-state index >= 15 is 0 Å². The summed E-state index contributed by atoms with van der Waals surface area (Å²) in [5, 5.41) is 8.68. The molecular weight excluding hydrogens is 262 g/mol. The Morgan fingerprint density at radius 3 is 2.62 bits per heavy atom. The Labute approximate surface area is 99.4 Å². The predicted molar refractivity (Wildman–Crippen MR) is 56.8 cm³/mol. The molecule has 1 N–H and O–H groups in total. The summed E-state index contributed by atoms with van der Waals surface area (Å²) in [6.07, 6.45) is 1.59. The number of rotatable bonds is 4. The number of carboxylic acids is 1. The maximum atomic E-state index is 12.0. The first kappa shape index (κ1) is 13.1. The first-order valence-corrected chi connectivity index (χ1v) is 5.62. The molecule has 0 spiro atoms. The van der Waals surface area contributed by atoms with Crippen molar-refractivity contribution in [2.75, 3.05) is 6.26 Å². The van der Waals surface area contributed by atoms with Crippen LogP contribution in [0.2, 0.25) is 5.02 Å². The zero-order chi connectivity index (χ0) is 12.3. The number of ether oxygens (including phenoxy) is 1. The molecule has 0 aliphatic heterocycles. The van der Waals surface area contributed by atoms with Crippen molar-refractivity contribution in [3.63, 3.8) is 0 Å². The molecule has 0 radical (unpaired) electrons. The molecule has 0 saturated carbocycles. The Bertz CT molecular complexity index is 412. The lowest BCUT2D eigenvalue weighted by Crippen LogP contribution is -2.05. The molecule has 1 aromatic carbocycles. The number of benzene rings is 1. The van der Waals surface area contributed by atoms with E-state index in [4.69, 9.17) is 16.7 Å². The van der Waals surface area contributed by atoms with E-state index in [0.717, 1.165) is 23.9 Å². The van der Waals surface area contributed by atoms with Crippen LogP contribution in [-0.2, 0) is 0 Å². The van der Waals surface area contributed by atoms with Gasteiger partial charge in [-0.3, -0.25) is 0 Å². The van der Waals surface area contributed by atoms with Crippen molar-refractivity contribution in [1.82, 2.24) is 0 Å². The molecule has 0 aromatic heterocycles. The standard InChI is InChI=1S/C9H7ClF2O3S/c1-16-7-5(15-9(11)12)3-2-4(6(7)10)8(13)14/h2-3,9H,1H3,(H,13,14). The third-order valence-corrected chi connectivity index (χ3v) is 3.03. The topological polar surface area (TPSA) is 46.5 Å². The fraction of sp³-hybridized carbons (Fsp3) is 0.222. The van der Waals surface area contributed by atoms with Gasteiger partial charge in [-0.05, 0) is 18.4 Å². The van der Waals surface area contributed by atoms with Crippen molar-refractivity contribution < 1.29 is 23.4 Å². The van der Waals surface area contributed by atoms with Gasteiger partial charge in [-0.1, -0.05) is 11.6 Å². The molecule has 0 aliphatic rings. The highest BCUT2D eigenvalue weighted by Gasteiger charge is 2.18. The minimum Gasteiger partial charge on any atom is -0.478 e. The molecule has 0 atom stereocenters. The zero-order valence-electron chi connectivity index (χ0n) is 8.04. The molecule has 0 aliphatic carbocycles. The number of carbonyl (C=O) groups is 1. The lowest BCUT2D eigenvalue weighted by molar-refractivity contribution is -0.0516. The average molecular weight is 269 g/mol. The summed E-state index contributed by atoms with van der Waals surface area (Å²) < 4.78 is 28.3. The van der Waals surface area contributed by atoms with Gasteiger partial charge in [0.1, 0.15) is 5.75 Å². The van der Waals surface area contributed by atoms with Crippen LogP contribution in [0.1, 0.15) is 10.4 Å². The van der Waals surface area contributed by atoms with Crippen LogP contribution in [0.4, 0.5) is 8.78 Å². The third kappa shape index (κ3) is 2.76. The maximum absolute atomic E-state index is 12.0. The molecule has 0 heterocycles. The van der Waals surface area contributed by atoms with Gasteiger partial charge in [-0.25, -0.2) is 4.79 Å². The van der Waals surface area contributed by atoms with Gasteiger partial charge in [0.15, 0.2) is 0 Å². The van der Waals surface area contributed by atoms with Gasteiger partial charge in [0.05, 0.1) is 15.5 Å². The van der Waals surface area contributed by atoms with Gasteiger partial charge in [-0.2, -0.15) is 8.78 Å². The number of carboxylic acid groups (broad SMARTS) is 1. The van der Waals surface area contributed by atoms with Crippen molar-refractivity contribution >= 4 is 29.3 Å². The summed E-state index contributed by atoms with van der Waals surface area (Å²) in [6, 6.07) is 2.29. The predicted octanol–water partition coefficient (Wildman–Crippen LogP) is 3.36. The van der Waals surface area contributed by atoms with Crippen LogP contribution in [0.15, 0.2) is 17.0 Å². The first-order valence-electron chi connectivity index (χ1n) is 4.02. The smallest absolute Gasteiger partial charge is 0.387 e. The van der Waals surface area contributed by atoms with Crippen LogP contribution in [0.3, 0.4) is 0 Å². The van der Waals surface area contributed by atoms with Crippen molar-refractivity contribution in [3.8, 4) is 5.75 Å². The van der Waals surface area contributed by atoms with Crippen molar-refractivity contribution in [3.05, 3.63) is 22.7 Å². The number of alkyl halides is 2. The summed E-state index contributed by atoms with van der Waals surface area (Å²) in [4.78, 5) is 10.9. The summed E-state index contributed by atoms with van der Waals surface area (Å²) in [5.74, 6) is -1.35. The van der Waals surface area contributed by atoms with E-state index < -0.39 is 12.6 Å². The second-order valence-corrected chi connectivity index (χ2v) is 3.84. The molecule has 0 amide bonds. The van der Waals surface area contributed by atoms with Gasteiger partial charge in [0.25, 0.3) is 0 Å². The zero-order valence-corrected chi connectivity index (χ0v) is 9.61. The summed E-state index contributed by atoms with van der Waals surface area (Å²) in [7, 11) is 0. The Morgan fingerprint density at radius 2 is 2.19 bits per heavy atom. The molecule has 0 saturated heterocycles. The molecule has 16 heavy (non-hydrogen) atoms. The van der Waals surface area contributed by atoms with Crippen LogP contribution in [0.5, 0.6) is 5.75 Å². The second kappa shape index (κ2) is 5.36. The largest absolute Gasteiger partial charge is 0.478 e. The molecule has 0 unspecified atom stereocenters. The quantitative estimate of drug-likeness (QED) is 0.851. The molecule has 7 heteroatoms. The van der Waals surface area contributed by atoms with E-state index in [1.165, 1.54) is 0 Å². The molecule has 88 valence electrons. The molecule has 0 fully saturated rings. The number of halogens is 3. The average Bonchev–Trinajstić information content (AvgIpc) is 2.16. The van der Waals surface area contributed by atoms with Crippen LogP contribution >= 0.6 is 23.4 Å². The lowest BCUT2D eigenvalue weighted by Gasteiger charge is -2.11. The van der Waals surface area contributed by atoms with Crippen LogP contribution in [0, 0.1) is 0 Å². The fourth-order valence-electron chi connectivity index (χ4n) is 1.08. The van der Waals surface area contributed by atoms with Crippen molar-refractivity contribution in [2.45, 2.75) is 11.5 Å². The minimum atomic E-state index is -2.97. The highest BCUT2D eigenvalue weighted by Crippen LogP contribution is 2.37. The normalized spacial score (nSPS) is 10.6. The highest BCUT2D eigenvalue weighted by molar-refractivity contribution is 7.98. The Hall–Kier alpha value is -1.01. The monoisotopic (exact) mass is 268 g/mol. The van der Waals surface area contributed by atoms with E-state index in [9.17, 15) is 13.6 Å². The Balaban J connectivity index is 3.23. The number of thioether (sulfide) groups is 1. The third-order valence-electron chi connectivity index (χ3n) is 1.71. The van der Waals surface area contributed by atoms with E-state index in [0.29, 0.717) is 0 Å². The van der Waals surface area contributed by atoms with E-state index in [2.05, 4.69) is 4.74 Å². The van der Waals surface area contributed by atoms with E-state index in [1.807, 2.05) is 0 Å². The van der Waals surface area contributed by atoms with Crippen molar-refractivity contribution in [1.29, 1.82) is 0 Å². The highest BCUT2D eigenvalue weighted by atomic mass is 35.5. The number of aromatic carboxylic acids is 1. The van der Waals surface area contributed by atoms with Crippen LogP contribution < -0.4 is 4.74 Å². The SMILES string of the molecule is CSc1c(OC(F)F)ccc(C(=O)O)c1Cl. The maximum Gasteiger partial charge on any atom is 0.387 e. The molecule has 1 aromatic rings. The van der Waals surface area contributed by atoms with Crippen LogP contribution in [0.25, 0.3) is 0 Å². The minimum absolute atomic E-state index is 0.0989. The number of hydrogen-bond donors (Lipinski definition) is 1. The second-order valence-electron chi connectivity index (χ2n) is 2.64. The summed E-state index contributed by atoms with van der Waals surface area (Å²) in [5.41, 5.74) is -0.146. The molecule has 0 bridgehead atoms. The Morgan fingerprint density at radius 1 is 1.56 bits per heavy atom. The van der Waals surface area contributed by atoms with Crippen LogP contribution in [-0.4, -0.2) is 23.9 Å². The first-order chi connectivity index (χ1) is 7.47. The van der Waals surface area contributed by atoms with Gasteiger partial charge in [-0.15, -0.1) is 11.8 Å². The number of hydrogen-bond acceptors (Lipinski definition) is 3. The van der Waals surface area contributed by atoms with E-state index in [-0.39, 0.29) is 21.2 Å². The van der Waals surface area contributed by atoms with Gasteiger partial charge < -0.3 is 9.84 Å². The molecular formula is C9H7ClF2O3S. The van der Waals surface area contributed by atoms with E-state index in [1.54, 1.807) is 6.26 Å². The molecule has 1 rings (SSSR count). The lowest BCUT2D eigenvalue weighted by atomic mass is 10.2. The fourth-order valence-corrected chi connectivity index (χ4v) is 2.16.